The van der Waals surface area contributed by atoms with Gasteiger partial charge in [0.1, 0.15) is 17.5 Å². The largest absolute Gasteiger partial charge is 0.489 e. The number of aliphatic hydroxyl groups is 1. The number of rotatable bonds is 3. The first-order chi connectivity index (χ1) is 7.89. The van der Waals surface area contributed by atoms with E-state index in [1.807, 2.05) is 30.3 Å². The normalized spacial score (nSPS) is 28.9. The standard InChI is InChI=1S/C15H18O2/c1-5-15(4,16)12-13(14(12,2)3)17-11-9-7-6-8-10-11/h1,6-10,12-13,16H,2-4H3. The monoisotopic (exact) mass is 230 g/mol. The first kappa shape index (κ1) is 12.0. The fourth-order valence-electron chi connectivity index (χ4n) is 2.57. The molecule has 1 aliphatic carbocycles. The molecule has 1 fully saturated rings. The predicted octanol–water partition coefficient (Wildman–Crippen LogP) is 2.47. The molecule has 17 heavy (non-hydrogen) atoms. The van der Waals surface area contributed by atoms with Crippen LogP contribution in [0, 0.1) is 23.7 Å². The first-order valence-corrected chi connectivity index (χ1v) is 5.81. The van der Waals surface area contributed by atoms with Crippen LogP contribution in [0.5, 0.6) is 5.75 Å². The Balaban J connectivity index is 2.13. The van der Waals surface area contributed by atoms with Gasteiger partial charge in [0.15, 0.2) is 0 Å². The molecule has 90 valence electrons. The topological polar surface area (TPSA) is 29.5 Å². The van der Waals surface area contributed by atoms with Crippen LogP contribution in [-0.2, 0) is 0 Å². The zero-order valence-electron chi connectivity index (χ0n) is 10.5. The fraction of sp³-hybridized carbons (Fsp3) is 0.467. The third-order valence-electron chi connectivity index (χ3n) is 3.63. The highest BCUT2D eigenvalue weighted by molar-refractivity contribution is 5.28. The molecule has 3 unspecified atom stereocenters. The lowest BCUT2D eigenvalue weighted by atomic mass is 9.95. The van der Waals surface area contributed by atoms with Crippen LogP contribution in [-0.4, -0.2) is 16.8 Å². The second-order valence-electron chi connectivity index (χ2n) is 5.44. The number of benzene rings is 1. The molecule has 1 aromatic carbocycles. The van der Waals surface area contributed by atoms with Crippen LogP contribution in [0.2, 0.25) is 0 Å². The molecule has 0 heterocycles. The van der Waals surface area contributed by atoms with Gasteiger partial charge in [0.2, 0.25) is 0 Å². The van der Waals surface area contributed by atoms with Crippen LogP contribution < -0.4 is 4.74 Å². The van der Waals surface area contributed by atoms with Crippen molar-refractivity contribution in [2.75, 3.05) is 0 Å². The SMILES string of the molecule is C#CC(C)(O)C1C(Oc2ccccc2)C1(C)C. The van der Waals surface area contributed by atoms with Gasteiger partial charge < -0.3 is 9.84 Å². The lowest BCUT2D eigenvalue weighted by molar-refractivity contribution is 0.0748. The summed E-state index contributed by atoms with van der Waals surface area (Å²) in [6.07, 6.45) is 5.34. The number of ether oxygens (including phenoxy) is 1. The number of para-hydroxylation sites is 1. The minimum Gasteiger partial charge on any atom is -0.489 e. The van der Waals surface area contributed by atoms with E-state index < -0.39 is 5.60 Å². The van der Waals surface area contributed by atoms with E-state index in [4.69, 9.17) is 11.2 Å². The van der Waals surface area contributed by atoms with E-state index in [1.165, 1.54) is 0 Å². The molecular formula is C15H18O2. The van der Waals surface area contributed by atoms with E-state index in [1.54, 1.807) is 6.92 Å². The van der Waals surface area contributed by atoms with E-state index in [2.05, 4.69) is 19.8 Å². The van der Waals surface area contributed by atoms with Gasteiger partial charge in [0.25, 0.3) is 0 Å². The average Bonchev–Trinajstić information content (AvgIpc) is 2.83. The quantitative estimate of drug-likeness (QED) is 0.808. The van der Waals surface area contributed by atoms with Gasteiger partial charge in [0, 0.05) is 11.3 Å². The Morgan fingerprint density at radius 2 is 1.94 bits per heavy atom. The average molecular weight is 230 g/mol. The van der Waals surface area contributed by atoms with Gasteiger partial charge in [-0.1, -0.05) is 38.0 Å². The van der Waals surface area contributed by atoms with Gasteiger partial charge in [-0.2, -0.15) is 0 Å². The van der Waals surface area contributed by atoms with E-state index >= 15 is 0 Å². The molecule has 1 N–H and O–H groups in total. The van der Waals surface area contributed by atoms with Crippen molar-refractivity contribution in [2.45, 2.75) is 32.5 Å². The summed E-state index contributed by atoms with van der Waals surface area (Å²) in [5.74, 6) is 3.24. The second kappa shape index (κ2) is 3.78. The molecule has 0 amide bonds. The minimum absolute atomic E-state index is 0.0276. The Kier molecular flexibility index (Phi) is 2.67. The van der Waals surface area contributed by atoms with Crippen molar-refractivity contribution in [3.05, 3.63) is 30.3 Å². The summed E-state index contributed by atoms with van der Waals surface area (Å²) >= 11 is 0. The highest BCUT2D eigenvalue weighted by Crippen LogP contribution is 2.58. The van der Waals surface area contributed by atoms with Gasteiger partial charge >= 0.3 is 0 Å². The predicted molar refractivity (Wildman–Crippen MR) is 67.6 cm³/mol. The van der Waals surface area contributed by atoms with E-state index in [9.17, 15) is 5.11 Å². The van der Waals surface area contributed by atoms with Crippen LogP contribution >= 0.6 is 0 Å². The van der Waals surface area contributed by atoms with Gasteiger partial charge in [0.05, 0.1) is 0 Å². The number of hydrogen-bond acceptors (Lipinski definition) is 2. The maximum absolute atomic E-state index is 10.1. The molecule has 0 bridgehead atoms. The Bertz CT molecular complexity index is 440. The smallest absolute Gasteiger partial charge is 0.129 e. The summed E-state index contributed by atoms with van der Waals surface area (Å²) in [5, 5.41) is 10.1. The molecule has 0 radical (unpaired) electrons. The van der Waals surface area contributed by atoms with Crippen LogP contribution in [0.15, 0.2) is 30.3 Å². The van der Waals surface area contributed by atoms with Crippen LogP contribution in [0.25, 0.3) is 0 Å². The molecule has 2 rings (SSSR count). The summed E-state index contributed by atoms with van der Waals surface area (Å²) < 4.78 is 5.89. The molecule has 3 atom stereocenters. The molecule has 2 heteroatoms. The summed E-state index contributed by atoms with van der Waals surface area (Å²) in [6.45, 7) is 5.81. The van der Waals surface area contributed by atoms with E-state index in [0.717, 1.165) is 5.75 Å². The van der Waals surface area contributed by atoms with Gasteiger partial charge in [-0.3, -0.25) is 0 Å². The summed E-state index contributed by atoms with van der Waals surface area (Å²) in [4.78, 5) is 0. The molecule has 0 spiro atoms. The lowest BCUT2D eigenvalue weighted by Gasteiger charge is -2.17. The summed E-state index contributed by atoms with van der Waals surface area (Å²) in [6, 6.07) is 9.63. The highest BCUT2D eigenvalue weighted by atomic mass is 16.5. The van der Waals surface area contributed by atoms with Gasteiger partial charge in [-0.25, -0.2) is 0 Å². The summed E-state index contributed by atoms with van der Waals surface area (Å²) in [7, 11) is 0. The van der Waals surface area contributed by atoms with Crippen LogP contribution in [0.1, 0.15) is 20.8 Å². The zero-order valence-corrected chi connectivity index (χ0v) is 10.5. The maximum atomic E-state index is 10.1. The molecule has 0 saturated heterocycles. The zero-order chi connectivity index (χ0) is 12.7. The van der Waals surface area contributed by atoms with Crippen molar-refractivity contribution in [1.29, 1.82) is 0 Å². The van der Waals surface area contributed by atoms with Gasteiger partial charge in [-0.05, 0) is 19.1 Å². The maximum Gasteiger partial charge on any atom is 0.129 e. The third kappa shape index (κ3) is 2.03. The Hall–Kier alpha value is -1.46. The first-order valence-electron chi connectivity index (χ1n) is 5.81. The van der Waals surface area contributed by atoms with Crippen molar-refractivity contribution >= 4 is 0 Å². The highest BCUT2D eigenvalue weighted by Gasteiger charge is 2.67. The fourth-order valence-corrected chi connectivity index (χ4v) is 2.57. The third-order valence-corrected chi connectivity index (χ3v) is 3.63. The minimum atomic E-state index is -1.11. The lowest BCUT2D eigenvalue weighted by Crippen LogP contribution is -2.28. The molecule has 1 aliphatic rings. The van der Waals surface area contributed by atoms with Crippen molar-refractivity contribution in [3.8, 4) is 18.1 Å². The van der Waals surface area contributed by atoms with Gasteiger partial charge in [-0.15, -0.1) is 6.42 Å². The molecule has 1 saturated carbocycles. The Morgan fingerprint density at radius 3 is 2.47 bits per heavy atom. The molecule has 2 nitrogen and oxygen atoms in total. The summed E-state index contributed by atoms with van der Waals surface area (Å²) in [5.41, 5.74) is -1.20. The van der Waals surface area contributed by atoms with E-state index in [-0.39, 0.29) is 17.4 Å². The van der Waals surface area contributed by atoms with Crippen molar-refractivity contribution in [3.63, 3.8) is 0 Å². The van der Waals surface area contributed by atoms with Crippen LogP contribution in [0.4, 0.5) is 0 Å². The molecule has 0 aliphatic heterocycles. The molecule has 1 aromatic rings. The Labute approximate surface area is 103 Å². The Morgan fingerprint density at radius 1 is 1.35 bits per heavy atom. The van der Waals surface area contributed by atoms with Crippen molar-refractivity contribution in [2.24, 2.45) is 11.3 Å². The van der Waals surface area contributed by atoms with E-state index in [0.29, 0.717) is 0 Å². The molecular weight excluding hydrogens is 212 g/mol. The number of hydrogen-bond donors (Lipinski definition) is 1. The van der Waals surface area contributed by atoms with Crippen molar-refractivity contribution in [1.82, 2.24) is 0 Å². The van der Waals surface area contributed by atoms with Crippen molar-refractivity contribution < 1.29 is 9.84 Å². The second-order valence-corrected chi connectivity index (χ2v) is 5.44. The van der Waals surface area contributed by atoms with Crippen LogP contribution in [0.3, 0.4) is 0 Å². The molecule has 0 aromatic heterocycles. The number of terminal acetylenes is 1.